The van der Waals surface area contributed by atoms with E-state index in [0.29, 0.717) is 0 Å². The van der Waals surface area contributed by atoms with E-state index in [1.807, 2.05) is 12.3 Å². The molecule has 0 atom stereocenters. The Hall–Kier alpha value is -2.94. The zero-order valence-corrected chi connectivity index (χ0v) is 15.3. The Bertz CT molecular complexity index is 1030. The molecule has 3 heteroatoms. The highest BCUT2D eigenvalue weighted by Gasteiger charge is 2.08. The summed E-state index contributed by atoms with van der Waals surface area (Å²) in [5, 5.41) is 1.19. The predicted octanol–water partition coefficient (Wildman–Crippen LogP) is 4.95. The van der Waals surface area contributed by atoms with Crippen molar-refractivity contribution in [1.29, 1.82) is 0 Å². The van der Waals surface area contributed by atoms with E-state index in [-0.39, 0.29) is 0 Å². The van der Waals surface area contributed by atoms with E-state index >= 15 is 0 Å². The number of aromatic nitrogens is 3. The number of aryl methyl sites for hydroxylation is 4. The number of rotatable bonds is 5. The van der Waals surface area contributed by atoms with Crippen LogP contribution < -0.4 is 0 Å². The van der Waals surface area contributed by atoms with Crippen LogP contribution in [0, 0.1) is 13.8 Å². The number of aromatic amines is 1. The molecule has 4 aromatic rings. The van der Waals surface area contributed by atoms with Gasteiger partial charge in [-0.3, -0.25) is 4.98 Å². The van der Waals surface area contributed by atoms with Crippen molar-refractivity contribution >= 4 is 11.0 Å². The summed E-state index contributed by atoms with van der Waals surface area (Å²) in [7, 11) is 0. The van der Waals surface area contributed by atoms with Crippen molar-refractivity contribution < 1.29 is 0 Å². The Balaban J connectivity index is 1.48. The van der Waals surface area contributed by atoms with E-state index in [2.05, 4.69) is 72.5 Å². The Kier molecular flexibility index (Phi) is 4.53. The normalized spacial score (nSPS) is 11.2. The molecule has 3 heterocycles. The smallest absolute Gasteiger partial charge is 0.137 e. The van der Waals surface area contributed by atoms with Crippen LogP contribution in [0.4, 0.5) is 0 Å². The molecule has 0 amide bonds. The fraction of sp³-hybridized carbons (Fsp3) is 0.217. The fourth-order valence-electron chi connectivity index (χ4n) is 3.36. The standard InChI is InChI=1S/C23H23N3/c1-16-5-7-18(8-6-16)9-11-21-12-10-19(17(2)26-21)14-20-15-25-23-22(20)4-3-13-24-23/h3-8,10,12-13,15H,9,11,14H2,1-2H3,(H,24,25). The van der Waals surface area contributed by atoms with Gasteiger partial charge in [0.25, 0.3) is 0 Å². The average Bonchev–Trinajstić information content (AvgIpc) is 3.06. The molecule has 0 aliphatic rings. The molecule has 0 saturated heterocycles. The Morgan fingerprint density at radius 1 is 0.885 bits per heavy atom. The van der Waals surface area contributed by atoms with Crippen LogP contribution >= 0.6 is 0 Å². The number of hydrogen-bond donors (Lipinski definition) is 1. The van der Waals surface area contributed by atoms with Crippen LogP contribution in [-0.4, -0.2) is 15.0 Å². The summed E-state index contributed by atoms with van der Waals surface area (Å²) in [4.78, 5) is 12.5. The average molecular weight is 341 g/mol. The molecule has 1 aromatic carbocycles. The molecule has 0 bridgehead atoms. The summed E-state index contributed by atoms with van der Waals surface area (Å²) < 4.78 is 0. The third-order valence-corrected chi connectivity index (χ3v) is 4.96. The lowest BCUT2D eigenvalue weighted by Crippen LogP contribution is -2.00. The summed E-state index contributed by atoms with van der Waals surface area (Å²) >= 11 is 0. The molecule has 130 valence electrons. The van der Waals surface area contributed by atoms with Crippen molar-refractivity contribution in [3.8, 4) is 0 Å². The summed E-state index contributed by atoms with van der Waals surface area (Å²) in [6.07, 6.45) is 6.75. The van der Waals surface area contributed by atoms with Crippen LogP contribution in [0.5, 0.6) is 0 Å². The number of fused-ring (bicyclic) bond motifs is 1. The van der Waals surface area contributed by atoms with Crippen molar-refractivity contribution in [2.24, 2.45) is 0 Å². The maximum atomic E-state index is 4.84. The van der Waals surface area contributed by atoms with E-state index in [1.165, 1.54) is 27.6 Å². The number of nitrogens with zero attached hydrogens (tertiary/aromatic N) is 2. The number of benzene rings is 1. The fourth-order valence-corrected chi connectivity index (χ4v) is 3.36. The number of pyridine rings is 2. The van der Waals surface area contributed by atoms with Gasteiger partial charge < -0.3 is 4.98 Å². The first-order valence-electron chi connectivity index (χ1n) is 9.11. The maximum absolute atomic E-state index is 4.84. The third kappa shape index (κ3) is 3.52. The van der Waals surface area contributed by atoms with Gasteiger partial charge in [0.1, 0.15) is 5.65 Å². The van der Waals surface area contributed by atoms with Crippen LogP contribution in [0.1, 0.15) is 33.6 Å². The monoisotopic (exact) mass is 341 g/mol. The summed E-state index contributed by atoms with van der Waals surface area (Å²) in [5.74, 6) is 0. The van der Waals surface area contributed by atoms with Gasteiger partial charge >= 0.3 is 0 Å². The van der Waals surface area contributed by atoms with E-state index in [0.717, 1.165) is 36.3 Å². The predicted molar refractivity (Wildman–Crippen MR) is 106 cm³/mol. The number of H-pyrrole nitrogens is 1. The second-order valence-electron chi connectivity index (χ2n) is 6.92. The van der Waals surface area contributed by atoms with E-state index in [9.17, 15) is 0 Å². The summed E-state index contributed by atoms with van der Waals surface area (Å²) in [6, 6.07) is 17.3. The molecular formula is C23H23N3. The lowest BCUT2D eigenvalue weighted by molar-refractivity contribution is 0.893. The third-order valence-electron chi connectivity index (χ3n) is 4.96. The highest BCUT2D eigenvalue weighted by Crippen LogP contribution is 2.21. The van der Waals surface area contributed by atoms with Crippen molar-refractivity contribution in [1.82, 2.24) is 15.0 Å². The van der Waals surface area contributed by atoms with Gasteiger partial charge in [-0.15, -0.1) is 0 Å². The Labute approximate surface area is 154 Å². The van der Waals surface area contributed by atoms with Crippen molar-refractivity contribution in [2.45, 2.75) is 33.1 Å². The van der Waals surface area contributed by atoms with Crippen LogP contribution in [0.3, 0.4) is 0 Å². The first-order valence-corrected chi connectivity index (χ1v) is 9.11. The molecule has 1 N–H and O–H groups in total. The van der Waals surface area contributed by atoms with Crippen molar-refractivity contribution in [3.05, 3.63) is 94.6 Å². The minimum absolute atomic E-state index is 0.878. The lowest BCUT2D eigenvalue weighted by Gasteiger charge is -2.08. The molecule has 0 aliphatic heterocycles. The van der Waals surface area contributed by atoms with Crippen LogP contribution in [0.2, 0.25) is 0 Å². The van der Waals surface area contributed by atoms with Gasteiger partial charge in [0, 0.05) is 35.6 Å². The van der Waals surface area contributed by atoms with E-state index < -0.39 is 0 Å². The highest BCUT2D eigenvalue weighted by atomic mass is 14.8. The van der Waals surface area contributed by atoms with Gasteiger partial charge in [-0.25, -0.2) is 4.98 Å². The molecule has 0 unspecified atom stereocenters. The maximum Gasteiger partial charge on any atom is 0.137 e. The lowest BCUT2D eigenvalue weighted by atomic mass is 10.0. The van der Waals surface area contributed by atoms with Crippen LogP contribution in [0.15, 0.2) is 60.9 Å². The van der Waals surface area contributed by atoms with Gasteiger partial charge in [-0.05, 0) is 61.6 Å². The van der Waals surface area contributed by atoms with Crippen LogP contribution in [-0.2, 0) is 19.3 Å². The molecule has 26 heavy (non-hydrogen) atoms. The van der Waals surface area contributed by atoms with Crippen molar-refractivity contribution in [2.75, 3.05) is 0 Å². The van der Waals surface area contributed by atoms with E-state index in [1.54, 1.807) is 0 Å². The summed E-state index contributed by atoms with van der Waals surface area (Å²) in [5.41, 5.74) is 8.43. The van der Waals surface area contributed by atoms with Crippen molar-refractivity contribution in [3.63, 3.8) is 0 Å². The molecule has 0 spiro atoms. The molecule has 0 radical (unpaired) electrons. The topological polar surface area (TPSA) is 41.6 Å². The molecule has 0 aliphatic carbocycles. The van der Waals surface area contributed by atoms with Gasteiger partial charge in [0.2, 0.25) is 0 Å². The van der Waals surface area contributed by atoms with Gasteiger partial charge in [-0.2, -0.15) is 0 Å². The minimum Gasteiger partial charge on any atom is -0.346 e. The Morgan fingerprint density at radius 3 is 2.54 bits per heavy atom. The largest absolute Gasteiger partial charge is 0.346 e. The second-order valence-corrected chi connectivity index (χ2v) is 6.92. The van der Waals surface area contributed by atoms with E-state index in [4.69, 9.17) is 4.98 Å². The van der Waals surface area contributed by atoms with Crippen LogP contribution in [0.25, 0.3) is 11.0 Å². The molecule has 3 nitrogen and oxygen atoms in total. The molecule has 4 rings (SSSR count). The Morgan fingerprint density at radius 2 is 1.73 bits per heavy atom. The molecular weight excluding hydrogens is 318 g/mol. The first kappa shape index (κ1) is 16.5. The van der Waals surface area contributed by atoms with Gasteiger partial charge in [0.15, 0.2) is 0 Å². The number of hydrogen-bond acceptors (Lipinski definition) is 2. The number of nitrogens with one attached hydrogen (secondary N) is 1. The quantitative estimate of drug-likeness (QED) is 0.558. The highest BCUT2D eigenvalue weighted by molar-refractivity contribution is 5.79. The zero-order chi connectivity index (χ0) is 17.9. The van der Waals surface area contributed by atoms with Gasteiger partial charge in [-0.1, -0.05) is 35.9 Å². The molecule has 3 aromatic heterocycles. The first-order chi connectivity index (χ1) is 12.7. The van der Waals surface area contributed by atoms with Gasteiger partial charge in [0.05, 0.1) is 0 Å². The second kappa shape index (κ2) is 7.12. The summed E-state index contributed by atoms with van der Waals surface area (Å²) in [6.45, 7) is 4.23. The molecule has 0 saturated carbocycles. The zero-order valence-electron chi connectivity index (χ0n) is 15.3. The molecule has 0 fully saturated rings. The minimum atomic E-state index is 0.878. The SMILES string of the molecule is Cc1ccc(CCc2ccc(Cc3c[nH]c4ncccc34)c(C)n2)cc1.